The third-order valence-electron chi connectivity index (χ3n) is 4.85. The normalized spacial score (nSPS) is 15.1. The van der Waals surface area contributed by atoms with Crippen LogP contribution >= 0.6 is 0 Å². The molecule has 0 unspecified atom stereocenters. The van der Waals surface area contributed by atoms with E-state index < -0.39 is 34.2 Å². The van der Waals surface area contributed by atoms with Gasteiger partial charge in [0.2, 0.25) is 5.91 Å². The van der Waals surface area contributed by atoms with Crippen molar-refractivity contribution in [1.29, 1.82) is 0 Å². The number of nitrogens with one attached hydrogen (secondary N) is 1. The Kier molecular flexibility index (Phi) is 6.81. The summed E-state index contributed by atoms with van der Waals surface area (Å²) in [6.07, 6.45) is -0.154. The van der Waals surface area contributed by atoms with Gasteiger partial charge in [-0.15, -0.1) is 0 Å². The molecule has 0 saturated carbocycles. The Morgan fingerprint density at radius 1 is 1.12 bits per heavy atom. The van der Waals surface area contributed by atoms with Crippen LogP contribution in [0.3, 0.4) is 0 Å². The molecule has 1 aliphatic heterocycles. The minimum Gasteiger partial charge on any atom is -0.497 e. The van der Waals surface area contributed by atoms with Gasteiger partial charge in [0.1, 0.15) is 11.4 Å². The Morgan fingerprint density at radius 3 is 2.42 bits per heavy atom. The van der Waals surface area contributed by atoms with Crippen molar-refractivity contribution in [3.63, 3.8) is 0 Å². The quantitative estimate of drug-likeness (QED) is 0.353. The minimum atomic E-state index is -0.841. The first kappa shape index (κ1) is 23.1. The van der Waals surface area contributed by atoms with Crippen LogP contribution in [-0.2, 0) is 19.1 Å². The van der Waals surface area contributed by atoms with Crippen molar-refractivity contribution in [3.8, 4) is 5.75 Å². The van der Waals surface area contributed by atoms with Crippen LogP contribution in [0.2, 0.25) is 0 Å². The highest BCUT2D eigenvalue weighted by Crippen LogP contribution is 2.29. The van der Waals surface area contributed by atoms with Gasteiger partial charge in [0.15, 0.2) is 6.61 Å². The Bertz CT molecular complexity index is 1120. The zero-order valence-electron chi connectivity index (χ0n) is 17.3. The van der Waals surface area contributed by atoms with Crippen molar-refractivity contribution in [2.24, 2.45) is 5.92 Å². The summed E-state index contributed by atoms with van der Waals surface area (Å²) in [6.45, 7) is -0.728. The van der Waals surface area contributed by atoms with E-state index in [0.717, 1.165) is 6.07 Å². The number of ether oxygens (including phenoxy) is 2. The van der Waals surface area contributed by atoms with Crippen molar-refractivity contribution in [2.75, 3.05) is 30.5 Å². The number of non-ortho nitro benzene ring substituents is 1. The van der Waals surface area contributed by atoms with Crippen molar-refractivity contribution < 1.29 is 33.7 Å². The monoisotopic (exact) mass is 458 g/mol. The lowest BCUT2D eigenvalue weighted by atomic mass is 10.1. The maximum atomic E-state index is 12.3. The largest absolute Gasteiger partial charge is 0.497 e. The predicted octanol–water partition coefficient (Wildman–Crippen LogP) is 2.05. The fourth-order valence-corrected chi connectivity index (χ4v) is 3.21. The highest BCUT2D eigenvalue weighted by molar-refractivity contribution is 6.00. The fraction of sp³-hybridized carbons (Fsp3) is 0.250. The van der Waals surface area contributed by atoms with E-state index in [-0.39, 0.29) is 41.7 Å². The lowest BCUT2D eigenvalue weighted by Gasteiger charge is -2.16. The van der Waals surface area contributed by atoms with Gasteiger partial charge in [-0.1, -0.05) is 0 Å². The summed E-state index contributed by atoms with van der Waals surface area (Å²) in [5.74, 6) is -2.53. The molecule has 1 N–H and O–H groups in total. The van der Waals surface area contributed by atoms with E-state index in [1.54, 1.807) is 0 Å². The van der Waals surface area contributed by atoms with E-state index in [1.807, 2.05) is 0 Å². The lowest BCUT2D eigenvalue weighted by molar-refractivity contribution is -0.384. The van der Waals surface area contributed by atoms with Crippen molar-refractivity contribution in [2.45, 2.75) is 6.42 Å². The number of anilines is 2. The summed E-state index contributed by atoms with van der Waals surface area (Å²) in [7, 11) is 1.36. The third-order valence-corrected chi connectivity index (χ3v) is 4.85. The zero-order chi connectivity index (χ0) is 24.1. The second kappa shape index (κ2) is 9.72. The van der Waals surface area contributed by atoms with E-state index in [9.17, 15) is 34.6 Å². The van der Waals surface area contributed by atoms with Crippen LogP contribution in [-0.4, -0.2) is 47.9 Å². The second-order valence-electron chi connectivity index (χ2n) is 6.97. The Labute approximate surface area is 186 Å². The number of benzene rings is 2. The molecule has 13 nitrogen and oxygen atoms in total. The van der Waals surface area contributed by atoms with Crippen LogP contribution in [0, 0.1) is 26.1 Å². The number of hydrogen-bond acceptors (Lipinski definition) is 9. The maximum absolute atomic E-state index is 12.3. The van der Waals surface area contributed by atoms with Gasteiger partial charge in [-0.3, -0.25) is 34.6 Å². The predicted molar refractivity (Wildman–Crippen MR) is 113 cm³/mol. The Hall–Kier alpha value is -4.55. The number of hydrogen-bond donors (Lipinski definition) is 1. The number of nitrogens with zero attached hydrogens (tertiary/aromatic N) is 3. The first-order chi connectivity index (χ1) is 15.7. The van der Waals surface area contributed by atoms with Crippen LogP contribution < -0.4 is 15.0 Å². The van der Waals surface area contributed by atoms with Gasteiger partial charge in [0.25, 0.3) is 17.3 Å². The number of methoxy groups -OCH3 is 1. The van der Waals surface area contributed by atoms with Gasteiger partial charge in [0, 0.05) is 42.9 Å². The standard InChI is InChI=1S/C20H18N4O9/c1-32-15-6-7-17(24(30)31)16(9-15)21-18(25)11-33-20(27)12-8-19(26)22(10-12)13-2-4-14(5-3-13)23(28)29/h2-7,9,12H,8,10-11H2,1H3,(H,21,25)/t12-/m0/s1. The topological polar surface area (TPSA) is 171 Å². The molecule has 3 rings (SSSR count). The second-order valence-corrected chi connectivity index (χ2v) is 6.97. The molecule has 0 bridgehead atoms. The van der Waals surface area contributed by atoms with Crippen molar-refractivity contribution in [1.82, 2.24) is 0 Å². The summed E-state index contributed by atoms with van der Waals surface area (Å²) in [5.41, 5.74) is -0.232. The molecule has 1 saturated heterocycles. The molecule has 0 spiro atoms. The highest BCUT2D eigenvalue weighted by atomic mass is 16.6. The molecular weight excluding hydrogens is 440 g/mol. The number of rotatable bonds is 8. The van der Waals surface area contributed by atoms with Crippen LogP contribution in [0.15, 0.2) is 42.5 Å². The van der Waals surface area contributed by atoms with Gasteiger partial charge in [-0.25, -0.2) is 0 Å². The minimum absolute atomic E-state index is 0.0154. The molecule has 1 heterocycles. The average Bonchev–Trinajstić information content (AvgIpc) is 3.18. The molecule has 1 aliphatic rings. The van der Waals surface area contributed by atoms with Crippen LogP contribution in [0.25, 0.3) is 0 Å². The van der Waals surface area contributed by atoms with Gasteiger partial charge >= 0.3 is 5.97 Å². The zero-order valence-corrected chi connectivity index (χ0v) is 17.3. The Balaban J connectivity index is 1.58. The number of nitro benzene ring substituents is 2. The van der Waals surface area contributed by atoms with E-state index in [4.69, 9.17) is 9.47 Å². The van der Waals surface area contributed by atoms with Crippen molar-refractivity contribution >= 4 is 40.5 Å². The van der Waals surface area contributed by atoms with Crippen LogP contribution in [0.5, 0.6) is 5.75 Å². The molecular formula is C20H18N4O9. The van der Waals surface area contributed by atoms with E-state index >= 15 is 0 Å². The smallest absolute Gasteiger partial charge is 0.311 e. The summed E-state index contributed by atoms with van der Waals surface area (Å²) in [6, 6.07) is 9.08. The van der Waals surface area contributed by atoms with E-state index in [2.05, 4.69) is 5.32 Å². The Morgan fingerprint density at radius 2 is 1.82 bits per heavy atom. The first-order valence-electron chi connectivity index (χ1n) is 9.53. The number of nitro groups is 2. The molecule has 2 aromatic carbocycles. The molecule has 2 amide bonds. The molecule has 172 valence electrons. The fourth-order valence-electron chi connectivity index (χ4n) is 3.21. The number of esters is 1. The van der Waals surface area contributed by atoms with Gasteiger partial charge in [-0.2, -0.15) is 0 Å². The number of carbonyl (C=O) groups is 3. The molecule has 0 radical (unpaired) electrons. The molecule has 13 heteroatoms. The van der Waals surface area contributed by atoms with Crippen LogP contribution in [0.1, 0.15) is 6.42 Å². The molecule has 33 heavy (non-hydrogen) atoms. The molecule has 0 aliphatic carbocycles. The summed E-state index contributed by atoms with van der Waals surface area (Å²) < 4.78 is 9.96. The molecule has 2 aromatic rings. The summed E-state index contributed by atoms with van der Waals surface area (Å²) in [5, 5.41) is 24.2. The highest BCUT2D eigenvalue weighted by Gasteiger charge is 2.36. The SMILES string of the molecule is COc1ccc([N+](=O)[O-])c(NC(=O)COC(=O)[C@H]2CC(=O)N(c3ccc([N+](=O)[O-])cc3)C2)c1. The molecule has 0 aromatic heterocycles. The summed E-state index contributed by atoms with van der Waals surface area (Å²) in [4.78, 5) is 58.7. The van der Waals surface area contributed by atoms with Gasteiger partial charge in [-0.05, 0) is 18.2 Å². The lowest BCUT2D eigenvalue weighted by Crippen LogP contribution is -2.28. The van der Waals surface area contributed by atoms with Crippen LogP contribution in [0.4, 0.5) is 22.7 Å². The van der Waals surface area contributed by atoms with E-state index in [1.165, 1.54) is 48.4 Å². The average molecular weight is 458 g/mol. The number of amides is 2. The van der Waals surface area contributed by atoms with Gasteiger partial charge in [0.05, 0.1) is 22.9 Å². The maximum Gasteiger partial charge on any atom is 0.311 e. The number of carbonyl (C=O) groups excluding carboxylic acids is 3. The molecule has 1 atom stereocenters. The van der Waals surface area contributed by atoms with E-state index in [0.29, 0.717) is 5.69 Å². The third kappa shape index (κ3) is 5.39. The molecule has 1 fully saturated rings. The van der Waals surface area contributed by atoms with Gasteiger partial charge < -0.3 is 19.7 Å². The van der Waals surface area contributed by atoms with Crippen molar-refractivity contribution in [3.05, 3.63) is 62.7 Å². The summed E-state index contributed by atoms with van der Waals surface area (Å²) >= 11 is 0. The first-order valence-corrected chi connectivity index (χ1v) is 9.53.